The van der Waals surface area contributed by atoms with Gasteiger partial charge in [0.2, 0.25) is 0 Å². The van der Waals surface area contributed by atoms with Crippen LogP contribution in [0.25, 0.3) is 10.2 Å². The van der Waals surface area contributed by atoms with Gasteiger partial charge in [-0.15, -0.1) is 0 Å². The van der Waals surface area contributed by atoms with Gasteiger partial charge in [0.1, 0.15) is 24.7 Å². The number of hydrogen-bond acceptors (Lipinski definition) is 5. The van der Waals surface area contributed by atoms with E-state index < -0.39 is 0 Å². The maximum absolute atomic E-state index is 12.5. The number of aromatic nitrogens is 1. The van der Waals surface area contributed by atoms with Crippen LogP contribution in [0.15, 0.2) is 27.6 Å². The molecule has 0 atom stereocenters. The van der Waals surface area contributed by atoms with Gasteiger partial charge in [-0.2, -0.15) is 4.99 Å². The van der Waals surface area contributed by atoms with Crippen molar-refractivity contribution in [1.29, 1.82) is 0 Å². The Bertz CT molecular complexity index is 1030. The van der Waals surface area contributed by atoms with Crippen molar-refractivity contribution < 1.29 is 18.7 Å². The summed E-state index contributed by atoms with van der Waals surface area (Å²) in [6, 6.07) is 5.58. The maximum atomic E-state index is 12.5. The van der Waals surface area contributed by atoms with Gasteiger partial charge < -0.3 is 18.5 Å². The average molecular weight is 344 g/mol. The Kier molecular flexibility index (Phi) is 3.45. The van der Waals surface area contributed by atoms with Crippen molar-refractivity contribution in [2.75, 3.05) is 13.2 Å². The molecule has 0 bridgehead atoms. The maximum Gasteiger partial charge on any atom is 0.283 e. The molecule has 3 aromatic rings. The molecule has 0 unspecified atom stereocenters. The molecule has 1 aliphatic heterocycles. The van der Waals surface area contributed by atoms with E-state index in [-0.39, 0.29) is 5.91 Å². The number of hydrogen-bond donors (Lipinski definition) is 0. The van der Waals surface area contributed by atoms with E-state index in [0.717, 1.165) is 21.7 Å². The fourth-order valence-electron chi connectivity index (χ4n) is 2.76. The third-order valence-corrected chi connectivity index (χ3v) is 5.04. The van der Waals surface area contributed by atoms with E-state index in [1.165, 1.54) is 11.3 Å². The van der Waals surface area contributed by atoms with E-state index in [9.17, 15) is 4.79 Å². The van der Waals surface area contributed by atoms with Crippen LogP contribution in [0.3, 0.4) is 0 Å². The van der Waals surface area contributed by atoms with Crippen LogP contribution in [-0.2, 0) is 7.05 Å². The molecule has 0 saturated heterocycles. The van der Waals surface area contributed by atoms with Crippen LogP contribution in [0, 0.1) is 13.8 Å². The minimum absolute atomic E-state index is 0.302. The van der Waals surface area contributed by atoms with Crippen LogP contribution in [0.4, 0.5) is 0 Å². The van der Waals surface area contributed by atoms with Crippen LogP contribution in [-0.4, -0.2) is 23.7 Å². The highest BCUT2D eigenvalue weighted by atomic mass is 32.1. The van der Waals surface area contributed by atoms with Gasteiger partial charge in [-0.05, 0) is 19.9 Å². The number of carbonyl (C=O) groups is 1. The van der Waals surface area contributed by atoms with Crippen molar-refractivity contribution in [3.8, 4) is 11.5 Å². The highest BCUT2D eigenvalue weighted by Crippen LogP contribution is 2.35. The Hall–Kier alpha value is -2.54. The predicted octanol–water partition coefficient (Wildman–Crippen LogP) is 2.96. The number of thiazole rings is 1. The van der Waals surface area contributed by atoms with Gasteiger partial charge in [0.05, 0.1) is 15.8 Å². The summed E-state index contributed by atoms with van der Waals surface area (Å²) in [4.78, 5) is 17.3. The molecule has 3 heterocycles. The second-order valence-corrected chi connectivity index (χ2v) is 6.66. The molecule has 6 nitrogen and oxygen atoms in total. The fourth-order valence-corrected chi connectivity index (χ4v) is 3.79. The lowest BCUT2D eigenvalue weighted by Gasteiger charge is -2.18. The Morgan fingerprint density at radius 1 is 1.17 bits per heavy atom. The molecule has 24 heavy (non-hydrogen) atoms. The first-order chi connectivity index (χ1) is 11.5. The zero-order valence-electron chi connectivity index (χ0n) is 13.6. The standard InChI is InChI=1S/C17H16N2O4S/c1-9-6-11(10(2)23-9)16(20)18-17-19(3)12-7-13-14(8-15(12)24-17)22-5-4-21-13/h6-8H,4-5H2,1-3H3. The molecule has 0 aliphatic carbocycles. The molecular formula is C17H16N2O4S. The topological polar surface area (TPSA) is 66.0 Å². The number of ether oxygens (including phenoxy) is 2. The molecular weight excluding hydrogens is 328 g/mol. The van der Waals surface area contributed by atoms with Gasteiger partial charge in [-0.3, -0.25) is 4.79 Å². The minimum Gasteiger partial charge on any atom is -0.486 e. The van der Waals surface area contributed by atoms with Crippen molar-refractivity contribution in [2.24, 2.45) is 12.0 Å². The van der Waals surface area contributed by atoms with E-state index in [2.05, 4.69) is 4.99 Å². The summed E-state index contributed by atoms with van der Waals surface area (Å²) in [6.07, 6.45) is 0. The molecule has 0 saturated carbocycles. The number of aryl methyl sites for hydroxylation is 3. The van der Waals surface area contributed by atoms with E-state index in [1.54, 1.807) is 13.0 Å². The van der Waals surface area contributed by atoms with Crippen molar-refractivity contribution in [3.63, 3.8) is 0 Å². The van der Waals surface area contributed by atoms with Crippen LogP contribution < -0.4 is 14.3 Å². The first-order valence-electron chi connectivity index (χ1n) is 7.58. The summed E-state index contributed by atoms with van der Waals surface area (Å²) in [7, 11) is 1.88. The monoisotopic (exact) mass is 344 g/mol. The number of amides is 1. The first-order valence-corrected chi connectivity index (χ1v) is 8.40. The number of rotatable bonds is 1. The smallest absolute Gasteiger partial charge is 0.283 e. The summed E-state index contributed by atoms with van der Waals surface area (Å²) in [6.45, 7) is 4.67. The van der Waals surface area contributed by atoms with Gasteiger partial charge >= 0.3 is 0 Å². The van der Waals surface area contributed by atoms with E-state index in [1.807, 2.05) is 30.7 Å². The third-order valence-electron chi connectivity index (χ3n) is 3.94. The molecule has 1 aromatic carbocycles. The third kappa shape index (κ3) is 2.41. The van der Waals surface area contributed by atoms with E-state index >= 15 is 0 Å². The first kappa shape index (κ1) is 15.0. The molecule has 1 aliphatic rings. The molecule has 0 radical (unpaired) electrons. The molecule has 0 fully saturated rings. The normalized spacial score (nSPS) is 14.4. The second kappa shape index (κ2) is 5.52. The minimum atomic E-state index is -0.302. The van der Waals surface area contributed by atoms with Crippen molar-refractivity contribution in [2.45, 2.75) is 13.8 Å². The molecule has 4 rings (SSSR count). The number of nitrogens with zero attached hydrogens (tertiary/aromatic N) is 2. The second-order valence-electron chi connectivity index (χ2n) is 5.65. The SMILES string of the molecule is Cc1cc(C(=O)N=c2sc3cc4c(cc3n2C)OCCO4)c(C)o1. The quantitative estimate of drug-likeness (QED) is 0.681. The average Bonchev–Trinajstić information content (AvgIpc) is 3.05. The van der Waals surface area contributed by atoms with Gasteiger partial charge in [0.25, 0.3) is 5.91 Å². The lowest BCUT2D eigenvalue weighted by atomic mass is 10.2. The predicted molar refractivity (Wildman–Crippen MR) is 89.9 cm³/mol. The summed E-state index contributed by atoms with van der Waals surface area (Å²) < 4.78 is 19.5. The summed E-state index contributed by atoms with van der Waals surface area (Å²) in [5, 5.41) is 0. The Labute approximate surface area is 142 Å². The summed E-state index contributed by atoms with van der Waals surface area (Å²) in [5.41, 5.74) is 1.45. The number of furan rings is 1. The molecule has 1 amide bonds. The summed E-state index contributed by atoms with van der Waals surface area (Å²) >= 11 is 1.44. The van der Waals surface area contributed by atoms with Crippen LogP contribution >= 0.6 is 11.3 Å². The van der Waals surface area contributed by atoms with E-state index in [0.29, 0.717) is 35.1 Å². The van der Waals surface area contributed by atoms with Gasteiger partial charge in [-0.25, -0.2) is 0 Å². The van der Waals surface area contributed by atoms with Crippen molar-refractivity contribution >= 4 is 27.5 Å². The molecule has 7 heteroatoms. The van der Waals surface area contributed by atoms with Crippen molar-refractivity contribution in [1.82, 2.24) is 4.57 Å². The molecule has 124 valence electrons. The lowest BCUT2D eigenvalue weighted by Crippen LogP contribution is -2.15. The number of carbonyl (C=O) groups excluding carboxylic acids is 1. The highest BCUT2D eigenvalue weighted by molar-refractivity contribution is 7.16. The molecule has 0 N–H and O–H groups in total. The van der Waals surface area contributed by atoms with Gasteiger partial charge in [-0.1, -0.05) is 11.3 Å². The fraction of sp³-hybridized carbons (Fsp3) is 0.294. The summed E-state index contributed by atoms with van der Waals surface area (Å²) in [5.74, 6) is 2.44. The largest absolute Gasteiger partial charge is 0.486 e. The zero-order valence-corrected chi connectivity index (χ0v) is 14.4. The van der Waals surface area contributed by atoms with Crippen LogP contribution in [0.1, 0.15) is 21.9 Å². The Morgan fingerprint density at radius 3 is 2.54 bits per heavy atom. The van der Waals surface area contributed by atoms with E-state index in [4.69, 9.17) is 13.9 Å². The molecule has 0 spiro atoms. The highest BCUT2D eigenvalue weighted by Gasteiger charge is 2.17. The number of fused-ring (bicyclic) bond motifs is 2. The Morgan fingerprint density at radius 2 is 1.88 bits per heavy atom. The van der Waals surface area contributed by atoms with Crippen LogP contribution in [0.2, 0.25) is 0 Å². The van der Waals surface area contributed by atoms with Gasteiger partial charge in [0.15, 0.2) is 16.3 Å². The van der Waals surface area contributed by atoms with Gasteiger partial charge in [0, 0.05) is 19.2 Å². The molecule has 2 aromatic heterocycles. The van der Waals surface area contributed by atoms with Crippen LogP contribution in [0.5, 0.6) is 11.5 Å². The number of benzene rings is 1. The van der Waals surface area contributed by atoms with Crippen molar-refractivity contribution in [3.05, 3.63) is 40.1 Å². The lowest BCUT2D eigenvalue weighted by molar-refractivity contribution is 0.0996. The zero-order chi connectivity index (χ0) is 16.8. The Balaban J connectivity index is 1.83.